The van der Waals surface area contributed by atoms with Crippen molar-refractivity contribution < 1.29 is 9.53 Å². The Morgan fingerprint density at radius 2 is 1.85 bits per heavy atom. The van der Waals surface area contributed by atoms with E-state index >= 15 is 0 Å². The van der Waals surface area contributed by atoms with Crippen molar-refractivity contribution in [3.05, 3.63) is 66.4 Å². The van der Waals surface area contributed by atoms with Crippen LogP contribution in [0, 0.1) is 5.41 Å². The number of aromatic nitrogens is 2. The lowest BCUT2D eigenvalue weighted by Gasteiger charge is -2.34. The topological polar surface area (TPSA) is 129 Å². The third-order valence-electron chi connectivity index (χ3n) is 5.24. The van der Waals surface area contributed by atoms with Crippen LogP contribution in [0.2, 0.25) is 0 Å². The Balaban J connectivity index is 1.53. The number of anilines is 3. The Labute approximate surface area is 202 Å². The van der Waals surface area contributed by atoms with Crippen LogP contribution in [-0.4, -0.2) is 47.0 Å². The first-order valence-corrected chi connectivity index (χ1v) is 11.9. The predicted molar refractivity (Wildman–Crippen MR) is 137 cm³/mol. The number of ether oxygens (including phenoxy) is 1. The third kappa shape index (κ3) is 6.24. The van der Waals surface area contributed by atoms with E-state index in [0.29, 0.717) is 30.5 Å². The Morgan fingerprint density at radius 1 is 1.15 bits per heavy atom. The maximum absolute atomic E-state index is 12.3. The van der Waals surface area contributed by atoms with Gasteiger partial charge in [0.05, 0.1) is 24.9 Å². The first kappa shape index (κ1) is 23.5. The summed E-state index contributed by atoms with van der Waals surface area (Å²) in [4.78, 5) is 24.0. The predicted octanol–water partition coefficient (Wildman–Crippen LogP) is 4.14. The lowest BCUT2D eigenvalue weighted by molar-refractivity contribution is 0.0985. The van der Waals surface area contributed by atoms with Gasteiger partial charge in [-0.25, -0.2) is 14.8 Å². The molecule has 1 fully saturated rings. The Hall–Kier alpha value is -3.63. The summed E-state index contributed by atoms with van der Waals surface area (Å²) in [5.41, 5.74) is 8.53. The number of carbonyl (C=O) groups excluding carboxylic acids is 1. The average molecular weight is 478 g/mol. The van der Waals surface area contributed by atoms with E-state index in [9.17, 15) is 4.79 Å². The number of para-hydroxylation sites is 1. The minimum absolute atomic E-state index is 0.0469. The molecule has 1 saturated heterocycles. The fourth-order valence-corrected chi connectivity index (χ4v) is 4.02. The molecule has 1 atom stereocenters. The van der Waals surface area contributed by atoms with Crippen LogP contribution < -0.4 is 21.3 Å². The smallest absolute Gasteiger partial charge is 0.323 e. The molecular weight excluding hydrogens is 450 g/mol. The quantitative estimate of drug-likeness (QED) is 0.310. The fourth-order valence-electron chi connectivity index (χ4n) is 3.57. The van der Waals surface area contributed by atoms with Crippen molar-refractivity contribution in [1.29, 1.82) is 5.41 Å². The Bertz CT molecular complexity index is 1140. The minimum atomic E-state index is -0.318. The summed E-state index contributed by atoms with van der Waals surface area (Å²) >= 11 is 1.23. The Kier molecular flexibility index (Phi) is 7.61. The van der Waals surface area contributed by atoms with E-state index in [1.807, 2.05) is 60.7 Å². The molecule has 0 unspecified atom stereocenters. The maximum Gasteiger partial charge on any atom is 0.323 e. The zero-order valence-electron chi connectivity index (χ0n) is 18.8. The molecular formula is C24H27N7O2S. The van der Waals surface area contributed by atoms with Gasteiger partial charge >= 0.3 is 6.03 Å². The molecule has 2 amide bonds. The SMILES string of the molecule is C[C@H]1COCCN1c1cc(CSC(=N)N)nc(-c2ccc(NC(=O)Nc3ccccc3)cc2)n1. The first-order chi connectivity index (χ1) is 16.5. The highest BCUT2D eigenvalue weighted by molar-refractivity contribution is 8.13. The molecule has 34 heavy (non-hydrogen) atoms. The molecule has 10 heteroatoms. The largest absolute Gasteiger partial charge is 0.379 e. The number of morpholine rings is 1. The number of hydrogen-bond donors (Lipinski definition) is 4. The summed E-state index contributed by atoms with van der Waals surface area (Å²) < 4.78 is 5.57. The molecule has 0 aliphatic carbocycles. The third-order valence-corrected chi connectivity index (χ3v) is 5.99. The molecule has 1 aromatic heterocycles. The molecule has 4 rings (SSSR count). The number of urea groups is 1. The van der Waals surface area contributed by atoms with Crippen LogP contribution >= 0.6 is 11.8 Å². The molecule has 2 heterocycles. The van der Waals surface area contributed by atoms with Crippen LogP contribution in [0.4, 0.5) is 22.0 Å². The van der Waals surface area contributed by atoms with Gasteiger partial charge in [0.15, 0.2) is 11.0 Å². The zero-order chi connectivity index (χ0) is 23.9. The number of hydrogen-bond acceptors (Lipinski definition) is 7. The van der Waals surface area contributed by atoms with Gasteiger partial charge < -0.3 is 26.0 Å². The van der Waals surface area contributed by atoms with E-state index in [0.717, 1.165) is 29.3 Å². The van der Waals surface area contributed by atoms with E-state index in [1.54, 1.807) is 0 Å². The van der Waals surface area contributed by atoms with Gasteiger partial charge in [-0.3, -0.25) is 5.41 Å². The van der Waals surface area contributed by atoms with E-state index < -0.39 is 0 Å². The molecule has 0 radical (unpaired) electrons. The molecule has 176 valence electrons. The van der Waals surface area contributed by atoms with Crippen molar-refractivity contribution >= 4 is 40.2 Å². The summed E-state index contributed by atoms with van der Waals surface area (Å²) in [6, 6.07) is 18.5. The van der Waals surface area contributed by atoms with Crippen molar-refractivity contribution in [2.24, 2.45) is 5.73 Å². The molecule has 5 N–H and O–H groups in total. The molecule has 0 spiro atoms. The van der Waals surface area contributed by atoms with Gasteiger partial charge in [-0.2, -0.15) is 0 Å². The van der Waals surface area contributed by atoms with Crippen LogP contribution in [0.1, 0.15) is 12.6 Å². The molecule has 0 bridgehead atoms. The zero-order valence-corrected chi connectivity index (χ0v) is 19.6. The van der Waals surface area contributed by atoms with Crippen LogP contribution in [0.15, 0.2) is 60.7 Å². The van der Waals surface area contributed by atoms with Gasteiger partial charge in [-0.05, 0) is 43.3 Å². The number of nitrogens with two attached hydrogens (primary N) is 1. The number of nitrogens with one attached hydrogen (secondary N) is 3. The van der Waals surface area contributed by atoms with Gasteiger partial charge in [-0.1, -0.05) is 30.0 Å². The average Bonchev–Trinajstić information content (AvgIpc) is 2.84. The summed E-state index contributed by atoms with van der Waals surface area (Å²) in [6.07, 6.45) is 0. The normalized spacial score (nSPS) is 15.6. The number of carbonyl (C=O) groups is 1. The highest BCUT2D eigenvalue weighted by Gasteiger charge is 2.22. The molecule has 3 aromatic rings. The number of amidine groups is 1. The second kappa shape index (κ2) is 11.0. The van der Waals surface area contributed by atoms with Crippen molar-refractivity contribution in [2.75, 3.05) is 35.3 Å². The number of thioether (sulfide) groups is 1. The van der Waals surface area contributed by atoms with E-state index in [2.05, 4.69) is 22.5 Å². The lowest BCUT2D eigenvalue weighted by Crippen LogP contribution is -2.44. The molecule has 0 saturated carbocycles. The molecule has 1 aliphatic rings. The molecule has 2 aromatic carbocycles. The fraction of sp³-hybridized carbons (Fsp3) is 0.250. The monoisotopic (exact) mass is 477 g/mol. The van der Waals surface area contributed by atoms with Crippen molar-refractivity contribution in [2.45, 2.75) is 18.7 Å². The molecule has 9 nitrogen and oxygen atoms in total. The van der Waals surface area contributed by atoms with Gasteiger partial charge in [0.2, 0.25) is 0 Å². The van der Waals surface area contributed by atoms with Gasteiger partial charge in [0.1, 0.15) is 5.82 Å². The summed E-state index contributed by atoms with van der Waals surface area (Å²) in [6.45, 7) is 4.14. The summed E-state index contributed by atoms with van der Waals surface area (Å²) in [7, 11) is 0. The number of rotatable bonds is 6. The van der Waals surface area contributed by atoms with Crippen molar-refractivity contribution in [1.82, 2.24) is 9.97 Å². The number of nitrogens with zero attached hydrogens (tertiary/aromatic N) is 3. The van der Waals surface area contributed by atoms with Crippen LogP contribution in [0.25, 0.3) is 11.4 Å². The van der Waals surface area contributed by atoms with Crippen molar-refractivity contribution in [3.8, 4) is 11.4 Å². The number of benzene rings is 2. The van der Waals surface area contributed by atoms with Gasteiger partial charge in [-0.15, -0.1) is 0 Å². The number of amides is 2. The standard InChI is InChI=1S/C24H27N7O2S/c1-16-14-33-12-11-31(16)21-13-20(15-34-23(25)26)27-22(30-21)17-7-9-19(10-8-17)29-24(32)28-18-5-3-2-4-6-18/h2-10,13,16H,11-12,14-15H2,1H3,(H3,25,26)(H2,28,29,32)/t16-/m0/s1. The minimum Gasteiger partial charge on any atom is -0.379 e. The van der Waals surface area contributed by atoms with Gasteiger partial charge in [0.25, 0.3) is 0 Å². The summed E-state index contributed by atoms with van der Waals surface area (Å²) in [5, 5.41) is 13.2. The summed E-state index contributed by atoms with van der Waals surface area (Å²) in [5.74, 6) is 1.88. The van der Waals surface area contributed by atoms with E-state index in [-0.39, 0.29) is 17.2 Å². The lowest BCUT2D eigenvalue weighted by atomic mass is 10.2. The second-order valence-corrected chi connectivity index (χ2v) is 8.85. The maximum atomic E-state index is 12.3. The first-order valence-electron chi connectivity index (χ1n) is 10.9. The van der Waals surface area contributed by atoms with Crippen LogP contribution in [0.5, 0.6) is 0 Å². The molecule has 1 aliphatic heterocycles. The highest BCUT2D eigenvalue weighted by atomic mass is 32.2. The van der Waals surface area contributed by atoms with E-state index in [1.165, 1.54) is 11.8 Å². The van der Waals surface area contributed by atoms with Crippen LogP contribution in [-0.2, 0) is 10.5 Å². The van der Waals surface area contributed by atoms with Crippen LogP contribution in [0.3, 0.4) is 0 Å². The van der Waals surface area contributed by atoms with Gasteiger partial charge in [0, 0.05) is 35.3 Å². The van der Waals surface area contributed by atoms with Crippen molar-refractivity contribution in [3.63, 3.8) is 0 Å². The Morgan fingerprint density at radius 3 is 2.53 bits per heavy atom. The highest BCUT2D eigenvalue weighted by Crippen LogP contribution is 2.26. The second-order valence-electron chi connectivity index (χ2n) is 7.83. The van der Waals surface area contributed by atoms with E-state index in [4.69, 9.17) is 25.8 Å².